The molecule has 0 aliphatic heterocycles. The zero-order valence-corrected chi connectivity index (χ0v) is 26.1. The molecule has 39 heavy (non-hydrogen) atoms. The molecule has 0 saturated carbocycles. The van der Waals surface area contributed by atoms with Crippen molar-refractivity contribution >= 4 is 0 Å². The maximum Gasteiger partial charge on any atom is 0.0492 e. The molecule has 0 fully saturated rings. The van der Waals surface area contributed by atoms with Gasteiger partial charge in [-0.25, -0.2) is 0 Å². The largest absolute Gasteiger partial charge is 0.272 e. The first-order chi connectivity index (χ1) is 17.8. The van der Waals surface area contributed by atoms with E-state index in [9.17, 15) is 0 Å². The molecule has 0 atom stereocenters. The van der Waals surface area contributed by atoms with Crippen molar-refractivity contribution in [2.24, 2.45) is 21.1 Å². The van der Waals surface area contributed by atoms with Crippen molar-refractivity contribution in [2.75, 3.05) is 0 Å². The third-order valence-corrected chi connectivity index (χ3v) is 6.13. The van der Waals surface area contributed by atoms with E-state index >= 15 is 0 Å². The third-order valence-electron chi connectivity index (χ3n) is 6.13. The minimum atomic E-state index is 0. The average molecular weight is 541 g/mol. The van der Waals surface area contributed by atoms with Crippen molar-refractivity contribution in [3.05, 3.63) is 71.8 Å². The highest BCUT2D eigenvalue weighted by Gasteiger charge is 2.08. The molecule has 0 radical (unpaired) electrons. The van der Waals surface area contributed by atoms with E-state index in [-0.39, 0.29) is 7.43 Å². The summed E-state index contributed by atoms with van der Waals surface area (Å²) in [6.45, 7) is 21.7. The Morgan fingerprint density at radius 3 is 0.846 bits per heavy atom. The lowest BCUT2D eigenvalue weighted by molar-refractivity contribution is 0.498. The maximum atomic E-state index is 4.25. The summed E-state index contributed by atoms with van der Waals surface area (Å²) < 4.78 is 7.80. The monoisotopic (exact) mass is 540 g/mol. The molecule has 4 rings (SSSR count). The fourth-order valence-electron chi connectivity index (χ4n) is 4.06. The van der Waals surface area contributed by atoms with Gasteiger partial charge in [0.15, 0.2) is 0 Å². The van der Waals surface area contributed by atoms with Crippen LogP contribution in [0.4, 0.5) is 0 Å². The van der Waals surface area contributed by atoms with Crippen LogP contribution >= 0.6 is 0 Å². The molecule has 0 saturated heterocycles. The molecule has 0 spiro atoms. The zero-order valence-electron chi connectivity index (χ0n) is 26.1. The molecule has 0 aliphatic carbocycles. The van der Waals surface area contributed by atoms with E-state index in [1.165, 1.54) is 22.8 Å². The van der Waals surface area contributed by atoms with Gasteiger partial charge in [0, 0.05) is 74.7 Å². The molecule has 0 amide bonds. The topological polar surface area (TPSA) is 71.3 Å². The van der Waals surface area contributed by atoms with Crippen LogP contribution in [0.25, 0.3) is 0 Å². The molecular weight excluding hydrogens is 484 g/mol. The second kappa shape index (κ2) is 17.4. The fraction of sp³-hybridized carbons (Fsp3) is 0.613. The van der Waals surface area contributed by atoms with Gasteiger partial charge in [0.2, 0.25) is 0 Å². The third kappa shape index (κ3) is 11.6. The van der Waals surface area contributed by atoms with Crippen molar-refractivity contribution in [1.82, 2.24) is 39.1 Å². The smallest absolute Gasteiger partial charge is 0.0492 e. The van der Waals surface area contributed by atoms with E-state index in [2.05, 4.69) is 100 Å². The molecule has 4 aromatic rings. The van der Waals surface area contributed by atoms with Crippen LogP contribution in [-0.4, -0.2) is 39.1 Å². The van der Waals surface area contributed by atoms with Gasteiger partial charge in [-0.1, -0.05) is 62.8 Å². The van der Waals surface area contributed by atoms with Gasteiger partial charge in [-0.2, -0.15) is 20.4 Å². The van der Waals surface area contributed by atoms with Crippen LogP contribution < -0.4 is 0 Å². The summed E-state index contributed by atoms with van der Waals surface area (Å²) in [5, 5.41) is 16.4. The zero-order chi connectivity index (χ0) is 29.0. The number of hydrogen-bond acceptors (Lipinski definition) is 4. The SMILES string of the molecule is C.CC(C)c1ccnn1C.CC(C)c1ccnn1C.CC(C)c1ccnn1C.CC(C)c1ccnn1C(C)C. The van der Waals surface area contributed by atoms with E-state index in [1.807, 2.05) is 78.2 Å². The minimum absolute atomic E-state index is 0. The molecule has 0 unspecified atom stereocenters. The van der Waals surface area contributed by atoms with Crippen LogP contribution in [-0.2, 0) is 21.1 Å². The maximum absolute atomic E-state index is 4.25. The molecule has 8 heteroatoms. The van der Waals surface area contributed by atoms with Crippen molar-refractivity contribution in [2.45, 2.75) is 106 Å². The predicted octanol–water partition coefficient (Wildman–Crippen LogP) is 7.85. The fourth-order valence-corrected chi connectivity index (χ4v) is 4.06. The van der Waals surface area contributed by atoms with Crippen LogP contribution in [0.3, 0.4) is 0 Å². The Balaban J connectivity index is 0.000000491. The summed E-state index contributed by atoms with van der Waals surface area (Å²) in [7, 11) is 5.90. The van der Waals surface area contributed by atoms with Gasteiger partial charge in [0.25, 0.3) is 0 Å². The number of rotatable bonds is 5. The summed E-state index contributed by atoms with van der Waals surface area (Å²) in [4.78, 5) is 0. The van der Waals surface area contributed by atoms with Crippen LogP contribution in [0.1, 0.15) is 129 Å². The highest BCUT2D eigenvalue weighted by molar-refractivity contribution is 5.07. The second-order valence-electron chi connectivity index (χ2n) is 11.1. The molecule has 0 aromatic carbocycles. The lowest BCUT2D eigenvalue weighted by Crippen LogP contribution is -2.08. The van der Waals surface area contributed by atoms with Crippen LogP contribution in [0.2, 0.25) is 0 Å². The summed E-state index contributed by atoms with van der Waals surface area (Å²) in [6, 6.07) is 8.70. The summed E-state index contributed by atoms with van der Waals surface area (Å²) >= 11 is 0. The first kappa shape index (κ1) is 35.8. The number of aromatic nitrogens is 8. The summed E-state index contributed by atoms with van der Waals surface area (Å²) in [5.74, 6) is 2.31. The number of hydrogen-bond donors (Lipinski definition) is 0. The van der Waals surface area contributed by atoms with E-state index in [0.29, 0.717) is 29.7 Å². The van der Waals surface area contributed by atoms with Crippen molar-refractivity contribution < 1.29 is 0 Å². The second-order valence-corrected chi connectivity index (χ2v) is 11.1. The molecule has 220 valence electrons. The standard InChI is InChI=1S/C9H16N2.3C7H12N2.CH4/c1-7(2)9-5-6-10-11(9)8(3)4;3*1-6(2)7-4-5-8-9(7)3;/h5-8H,1-4H3;3*4-6H,1-3H3;1H4. The molecule has 4 heterocycles. The Bertz CT molecular complexity index is 1030. The van der Waals surface area contributed by atoms with E-state index < -0.39 is 0 Å². The van der Waals surface area contributed by atoms with Crippen molar-refractivity contribution in [3.63, 3.8) is 0 Å². The summed E-state index contributed by atoms with van der Waals surface area (Å²) in [5.41, 5.74) is 5.18. The molecule has 4 aromatic heterocycles. The molecule has 0 bridgehead atoms. The quantitative estimate of drug-likeness (QED) is 0.258. The van der Waals surface area contributed by atoms with Gasteiger partial charge >= 0.3 is 0 Å². The van der Waals surface area contributed by atoms with Crippen LogP contribution in [0, 0.1) is 0 Å². The van der Waals surface area contributed by atoms with Gasteiger partial charge < -0.3 is 0 Å². The predicted molar refractivity (Wildman–Crippen MR) is 165 cm³/mol. The normalized spacial score (nSPS) is 10.6. The average Bonchev–Trinajstić information content (AvgIpc) is 3.62. The van der Waals surface area contributed by atoms with Crippen molar-refractivity contribution in [1.29, 1.82) is 0 Å². The molecule has 8 nitrogen and oxygen atoms in total. The first-order valence-corrected chi connectivity index (χ1v) is 13.7. The van der Waals surface area contributed by atoms with E-state index in [1.54, 1.807) is 0 Å². The van der Waals surface area contributed by atoms with Gasteiger partial charge in [-0.05, 0) is 61.8 Å². The Morgan fingerprint density at radius 2 is 0.692 bits per heavy atom. The van der Waals surface area contributed by atoms with Gasteiger partial charge in [-0.15, -0.1) is 0 Å². The van der Waals surface area contributed by atoms with E-state index in [0.717, 1.165) is 0 Å². The van der Waals surface area contributed by atoms with E-state index in [4.69, 9.17) is 0 Å². The van der Waals surface area contributed by atoms with Crippen LogP contribution in [0.15, 0.2) is 49.1 Å². The first-order valence-electron chi connectivity index (χ1n) is 13.7. The molecule has 0 aliphatic rings. The summed E-state index contributed by atoms with van der Waals surface area (Å²) in [6.07, 6.45) is 7.36. The number of nitrogens with zero attached hydrogens (tertiary/aromatic N) is 8. The number of aryl methyl sites for hydroxylation is 3. The lowest BCUT2D eigenvalue weighted by Gasteiger charge is -2.12. The highest BCUT2D eigenvalue weighted by atomic mass is 15.3. The molecular formula is C31H56N8. The Hall–Kier alpha value is -3.16. The Labute approximate surface area is 238 Å². The van der Waals surface area contributed by atoms with Gasteiger partial charge in [0.05, 0.1) is 0 Å². The lowest BCUT2D eigenvalue weighted by atomic mass is 10.1. The van der Waals surface area contributed by atoms with Gasteiger partial charge in [-0.3, -0.25) is 18.7 Å². The Morgan fingerprint density at radius 1 is 0.436 bits per heavy atom. The van der Waals surface area contributed by atoms with Crippen LogP contribution in [0.5, 0.6) is 0 Å². The van der Waals surface area contributed by atoms with Gasteiger partial charge in [0.1, 0.15) is 0 Å². The molecule has 0 N–H and O–H groups in total. The Kier molecular flexibility index (Phi) is 16.0. The van der Waals surface area contributed by atoms with Crippen molar-refractivity contribution in [3.8, 4) is 0 Å². The minimum Gasteiger partial charge on any atom is -0.272 e. The highest BCUT2D eigenvalue weighted by Crippen LogP contribution is 2.17.